The monoisotopic (exact) mass is 394 g/mol. The summed E-state index contributed by atoms with van der Waals surface area (Å²) < 4.78 is 21.2. The molecule has 7 nitrogen and oxygen atoms in total. The maximum Gasteiger partial charge on any atom is 0.231 e. The second-order valence-corrected chi connectivity index (χ2v) is 6.73. The van der Waals surface area contributed by atoms with Crippen molar-refractivity contribution in [2.24, 2.45) is 0 Å². The van der Waals surface area contributed by atoms with Crippen LogP contribution < -0.4 is 19.5 Å². The lowest BCUT2D eigenvalue weighted by atomic mass is 10.1. The summed E-state index contributed by atoms with van der Waals surface area (Å²) in [7, 11) is 1.63. The standard InChI is InChI=1S/C22H22N2O5/c1-26-18-8-6-16(7-9-18)20-12-17(24-29-20)3-2-4-22(25)23-13-15-5-10-19-21(11-15)28-14-27-19/h5-12H,2-4,13-14H2,1H3,(H,23,25). The predicted octanol–water partition coefficient (Wildman–Crippen LogP) is 3.72. The Kier molecular flexibility index (Phi) is 5.65. The third-order valence-electron chi connectivity index (χ3n) is 4.70. The van der Waals surface area contributed by atoms with E-state index in [2.05, 4.69) is 10.5 Å². The van der Waals surface area contributed by atoms with Crippen LogP contribution in [0.2, 0.25) is 0 Å². The van der Waals surface area contributed by atoms with E-state index in [4.69, 9.17) is 18.7 Å². The normalized spacial score (nSPS) is 12.0. The summed E-state index contributed by atoms with van der Waals surface area (Å²) in [6, 6.07) is 15.2. The Morgan fingerprint density at radius 1 is 1.10 bits per heavy atom. The van der Waals surface area contributed by atoms with Crippen LogP contribution in [0.3, 0.4) is 0 Å². The van der Waals surface area contributed by atoms with E-state index < -0.39 is 0 Å². The molecule has 7 heteroatoms. The number of fused-ring (bicyclic) bond motifs is 1. The molecule has 0 fully saturated rings. The van der Waals surface area contributed by atoms with Crippen LogP contribution >= 0.6 is 0 Å². The van der Waals surface area contributed by atoms with E-state index in [1.165, 1.54) is 0 Å². The molecule has 2 aromatic carbocycles. The Bertz CT molecular complexity index is 981. The third kappa shape index (κ3) is 4.68. The maximum absolute atomic E-state index is 12.1. The fourth-order valence-corrected chi connectivity index (χ4v) is 3.09. The molecule has 0 radical (unpaired) electrons. The quantitative estimate of drug-likeness (QED) is 0.627. The Morgan fingerprint density at radius 2 is 1.93 bits per heavy atom. The zero-order valence-electron chi connectivity index (χ0n) is 16.1. The van der Waals surface area contributed by atoms with Gasteiger partial charge in [-0.3, -0.25) is 4.79 Å². The van der Waals surface area contributed by atoms with Crippen LogP contribution in [-0.4, -0.2) is 25.0 Å². The number of ether oxygens (including phenoxy) is 3. The summed E-state index contributed by atoms with van der Waals surface area (Å²) >= 11 is 0. The van der Waals surface area contributed by atoms with E-state index in [0.717, 1.165) is 34.1 Å². The van der Waals surface area contributed by atoms with Crippen molar-refractivity contribution in [3.8, 4) is 28.6 Å². The average molecular weight is 394 g/mol. The van der Waals surface area contributed by atoms with E-state index >= 15 is 0 Å². The second-order valence-electron chi connectivity index (χ2n) is 6.73. The maximum atomic E-state index is 12.1. The molecule has 0 atom stereocenters. The van der Waals surface area contributed by atoms with Gasteiger partial charge >= 0.3 is 0 Å². The van der Waals surface area contributed by atoms with Crippen LogP contribution in [0.25, 0.3) is 11.3 Å². The number of aromatic nitrogens is 1. The highest BCUT2D eigenvalue weighted by Gasteiger charge is 2.13. The summed E-state index contributed by atoms with van der Waals surface area (Å²) in [5.41, 5.74) is 2.74. The van der Waals surface area contributed by atoms with E-state index in [0.29, 0.717) is 31.6 Å². The Morgan fingerprint density at radius 3 is 2.76 bits per heavy atom. The number of nitrogens with zero attached hydrogens (tertiary/aromatic N) is 1. The summed E-state index contributed by atoms with van der Waals surface area (Å²) in [6.45, 7) is 0.703. The van der Waals surface area contributed by atoms with Crippen molar-refractivity contribution < 1.29 is 23.5 Å². The zero-order valence-corrected chi connectivity index (χ0v) is 16.1. The molecule has 0 saturated heterocycles. The van der Waals surface area contributed by atoms with Gasteiger partial charge in [-0.1, -0.05) is 11.2 Å². The summed E-state index contributed by atoms with van der Waals surface area (Å²) in [5.74, 6) is 2.95. The number of carbonyl (C=O) groups is 1. The lowest BCUT2D eigenvalue weighted by molar-refractivity contribution is -0.121. The number of hydrogen-bond donors (Lipinski definition) is 1. The highest BCUT2D eigenvalue weighted by molar-refractivity contribution is 5.75. The molecule has 2 heterocycles. The molecule has 0 unspecified atom stereocenters. The van der Waals surface area contributed by atoms with Gasteiger partial charge < -0.3 is 24.1 Å². The predicted molar refractivity (Wildman–Crippen MR) is 106 cm³/mol. The van der Waals surface area contributed by atoms with Gasteiger partial charge in [0.05, 0.1) is 12.8 Å². The number of amides is 1. The first-order valence-electron chi connectivity index (χ1n) is 9.46. The Labute approximate surface area is 168 Å². The molecule has 0 aliphatic carbocycles. The van der Waals surface area contributed by atoms with Crippen molar-refractivity contribution in [3.05, 3.63) is 59.8 Å². The molecule has 4 rings (SSSR count). The minimum absolute atomic E-state index is 0.00143. The first-order valence-corrected chi connectivity index (χ1v) is 9.46. The van der Waals surface area contributed by atoms with Gasteiger partial charge in [-0.2, -0.15) is 0 Å². The fourth-order valence-electron chi connectivity index (χ4n) is 3.09. The Balaban J connectivity index is 1.21. The molecular weight excluding hydrogens is 372 g/mol. The first-order chi connectivity index (χ1) is 14.2. The third-order valence-corrected chi connectivity index (χ3v) is 4.70. The van der Waals surface area contributed by atoms with Gasteiger partial charge in [-0.05, 0) is 54.8 Å². The molecule has 1 aromatic heterocycles. The molecule has 0 spiro atoms. The van der Waals surface area contributed by atoms with Crippen molar-refractivity contribution in [1.29, 1.82) is 0 Å². The fraction of sp³-hybridized carbons (Fsp3) is 0.273. The van der Waals surface area contributed by atoms with Gasteiger partial charge in [0.15, 0.2) is 17.3 Å². The van der Waals surface area contributed by atoms with E-state index in [1.54, 1.807) is 7.11 Å². The number of benzene rings is 2. The van der Waals surface area contributed by atoms with E-state index in [9.17, 15) is 4.79 Å². The minimum atomic E-state index is 0.00143. The van der Waals surface area contributed by atoms with Crippen molar-refractivity contribution >= 4 is 5.91 Å². The highest BCUT2D eigenvalue weighted by atomic mass is 16.7. The van der Waals surface area contributed by atoms with E-state index in [1.807, 2.05) is 48.5 Å². The molecule has 150 valence electrons. The number of methoxy groups -OCH3 is 1. The first kappa shape index (κ1) is 18.9. The molecule has 29 heavy (non-hydrogen) atoms. The molecular formula is C22H22N2O5. The van der Waals surface area contributed by atoms with Crippen LogP contribution in [0.1, 0.15) is 24.1 Å². The molecule has 1 aliphatic rings. The SMILES string of the molecule is COc1ccc(-c2cc(CCCC(=O)NCc3ccc4c(c3)OCO4)no2)cc1. The summed E-state index contributed by atoms with van der Waals surface area (Å²) in [6.07, 6.45) is 1.80. The van der Waals surface area contributed by atoms with Crippen molar-refractivity contribution in [2.75, 3.05) is 13.9 Å². The van der Waals surface area contributed by atoms with Crippen molar-refractivity contribution in [1.82, 2.24) is 10.5 Å². The molecule has 1 aliphatic heterocycles. The van der Waals surface area contributed by atoms with Gasteiger partial charge in [0.1, 0.15) is 5.75 Å². The molecule has 1 N–H and O–H groups in total. The largest absolute Gasteiger partial charge is 0.497 e. The van der Waals surface area contributed by atoms with Gasteiger partial charge in [-0.15, -0.1) is 0 Å². The number of hydrogen-bond acceptors (Lipinski definition) is 6. The van der Waals surface area contributed by atoms with E-state index in [-0.39, 0.29) is 12.7 Å². The van der Waals surface area contributed by atoms with Gasteiger partial charge in [-0.25, -0.2) is 0 Å². The molecule has 3 aromatic rings. The second kappa shape index (κ2) is 8.68. The average Bonchev–Trinajstić information content (AvgIpc) is 3.41. The topological polar surface area (TPSA) is 82.8 Å². The zero-order chi connectivity index (χ0) is 20.1. The van der Waals surface area contributed by atoms with Gasteiger partial charge in [0.2, 0.25) is 12.7 Å². The number of carbonyl (C=O) groups excluding carboxylic acids is 1. The molecule has 0 saturated carbocycles. The van der Waals surface area contributed by atoms with Crippen molar-refractivity contribution in [2.45, 2.75) is 25.8 Å². The summed E-state index contributed by atoms with van der Waals surface area (Å²) in [4.78, 5) is 12.1. The number of nitrogens with one attached hydrogen (secondary N) is 1. The molecule has 1 amide bonds. The number of aryl methyl sites for hydroxylation is 1. The Hall–Kier alpha value is -3.48. The smallest absolute Gasteiger partial charge is 0.231 e. The van der Waals surface area contributed by atoms with Crippen LogP contribution in [0, 0.1) is 0 Å². The van der Waals surface area contributed by atoms with Crippen LogP contribution in [-0.2, 0) is 17.8 Å². The highest BCUT2D eigenvalue weighted by Crippen LogP contribution is 2.32. The van der Waals surface area contributed by atoms with Crippen molar-refractivity contribution in [3.63, 3.8) is 0 Å². The van der Waals surface area contributed by atoms with Crippen LogP contribution in [0.4, 0.5) is 0 Å². The van der Waals surface area contributed by atoms with Gasteiger partial charge in [0, 0.05) is 24.6 Å². The molecule has 0 bridgehead atoms. The van der Waals surface area contributed by atoms with Crippen LogP contribution in [0.15, 0.2) is 53.1 Å². The number of rotatable bonds is 8. The van der Waals surface area contributed by atoms with Crippen LogP contribution in [0.5, 0.6) is 17.2 Å². The summed E-state index contributed by atoms with van der Waals surface area (Å²) in [5, 5.41) is 7.02. The lowest BCUT2D eigenvalue weighted by Gasteiger charge is -2.06. The van der Waals surface area contributed by atoms with Gasteiger partial charge in [0.25, 0.3) is 0 Å². The minimum Gasteiger partial charge on any atom is -0.497 e. The lowest BCUT2D eigenvalue weighted by Crippen LogP contribution is -2.22.